The molecule has 2 heterocycles. The third-order valence-corrected chi connectivity index (χ3v) is 6.30. The molecule has 7 heteroatoms. The van der Waals surface area contributed by atoms with Gasteiger partial charge in [0.15, 0.2) is 0 Å². The molecular weight excluding hydrogens is 404 g/mol. The van der Waals surface area contributed by atoms with E-state index in [9.17, 15) is 9.59 Å². The number of nitrogens with one attached hydrogen (secondary N) is 1. The second kappa shape index (κ2) is 9.44. The van der Waals surface area contributed by atoms with Crippen molar-refractivity contribution in [3.8, 4) is 11.4 Å². The Balaban J connectivity index is 1.40. The zero-order valence-electron chi connectivity index (χ0n) is 18.9. The van der Waals surface area contributed by atoms with Crippen molar-refractivity contribution in [2.45, 2.75) is 26.3 Å². The number of ether oxygens (including phenoxy) is 1. The smallest absolute Gasteiger partial charge is 0.295 e. The maximum atomic E-state index is 13.0. The van der Waals surface area contributed by atoms with Gasteiger partial charge in [-0.05, 0) is 62.7 Å². The van der Waals surface area contributed by atoms with E-state index in [2.05, 4.69) is 22.3 Å². The summed E-state index contributed by atoms with van der Waals surface area (Å²) < 4.78 is 8.67. The first kappa shape index (κ1) is 21.9. The predicted molar refractivity (Wildman–Crippen MR) is 125 cm³/mol. The lowest BCUT2D eigenvalue weighted by molar-refractivity contribution is -0.121. The number of aromatic nitrogens is 2. The molecule has 3 aromatic rings. The van der Waals surface area contributed by atoms with Crippen molar-refractivity contribution < 1.29 is 9.53 Å². The molecule has 0 saturated carbocycles. The van der Waals surface area contributed by atoms with Gasteiger partial charge in [0.25, 0.3) is 5.56 Å². The number of hydrogen-bond acceptors (Lipinski definition) is 4. The summed E-state index contributed by atoms with van der Waals surface area (Å²) in [6.07, 6.45) is 1.54. The van der Waals surface area contributed by atoms with Crippen molar-refractivity contribution in [1.29, 1.82) is 0 Å². The monoisotopic (exact) mass is 434 g/mol. The molecule has 7 nitrogen and oxygen atoms in total. The van der Waals surface area contributed by atoms with E-state index in [1.165, 1.54) is 5.56 Å². The van der Waals surface area contributed by atoms with E-state index in [1.54, 1.807) is 16.5 Å². The Morgan fingerprint density at radius 3 is 2.50 bits per heavy atom. The third kappa shape index (κ3) is 4.48. The fourth-order valence-electron chi connectivity index (χ4n) is 4.32. The second-order valence-corrected chi connectivity index (χ2v) is 8.33. The van der Waals surface area contributed by atoms with Crippen LogP contribution in [0, 0.1) is 12.8 Å². The number of rotatable bonds is 6. The highest BCUT2D eigenvalue weighted by atomic mass is 16.5. The molecular formula is C25H30N4O3. The standard InChI is InChI=1S/C25H30N4O3/c1-18-23(25(31)29(27(18)2)21-9-5-4-6-10-21)26-24(30)20-12-14-28(15-13-20)17-19-8-7-11-22(16-19)32-3/h4-11,16,20H,12-15,17H2,1-3H3,(H,26,30). The number of piperidine rings is 1. The average molecular weight is 435 g/mol. The van der Waals surface area contributed by atoms with Crippen LogP contribution in [0.2, 0.25) is 0 Å². The Morgan fingerprint density at radius 2 is 1.81 bits per heavy atom. The minimum absolute atomic E-state index is 0.0722. The van der Waals surface area contributed by atoms with Gasteiger partial charge in [0.05, 0.1) is 18.5 Å². The van der Waals surface area contributed by atoms with E-state index in [0.717, 1.165) is 49.6 Å². The molecule has 1 amide bonds. The minimum Gasteiger partial charge on any atom is -0.497 e. The Morgan fingerprint density at radius 1 is 1.09 bits per heavy atom. The van der Waals surface area contributed by atoms with Gasteiger partial charge < -0.3 is 10.1 Å². The van der Waals surface area contributed by atoms with Crippen LogP contribution in [0.15, 0.2) is 59.4 Å². The van der Waals surface area contributed by atoms with Crippen LogP contribution in [0.3, 0.4) is 0 Å². The third-order valence-electron chi connectivity index (χ3n) is 6.30. The summed E-state index contributed by atoms with van der Waals surface area (Å²) in [5.74, 6) is 0.689. The minimum atomic E-state index is -0.208. The van der Waals surface area contributed by atoms with Crippen molar-refractivity contribution in [3.05, 3.63) is 76.2 Å². The SMILES string of the molecule is COc1cccc(CN2CCC(C(=O)Nc3c(C)n(C)n(-c4ccccc4)c3=O)CC2)c1. The quantitative estimate of drug-likeness (QED) is 0.646. The Labute approximate surface area is 188 Å². The van der Waals surface area contributed by atoms with E-state index in [4.69, 9.17) is 4.74 Å². The van der Waals surface area contributed by atoms with Gasteiger partial charge in [-0.2, -0.15) is 0 Å². The number of anilines is 1. The first-order valence-electron chi connectivity index (χ1n) is 11.0. The number of carbonyl (C=O) groups is 1. The maximum Gasteiger partial charge on any atom is 0.295 e. The first-order chi connectivity index (χ1) is 15.5. The van der Waals surface area contributed by atoms with E-state index >= 15 is 0 Å². The Bertz CT molecular complexity index is 1140. The van der Waals surface area contributed by atoms with Crippen LogP contribution >= 0.6 is 0 Å². The first-order valence-corrected chi connectivity index (χ1v) is 11.0. The molecule has 1 fully saturated rings. The molecule has 2 aromatic carbocycles. The summed E-state index contributed by atoms with van der Waals surface area (Å²) in [4.78, 5) is 28.4. The van der Waals surface area contributed by atoms with Gasteiger partial charge in [0, 0.05) is 19.5 Å². The molecule has 1 aromatic heterocycles. The highest BCUT2D eigenvalue weighted by Gasteiger charge is 2.27. The summed E-state index contributed by atoms with van der Waals surface area (Å²) >= 11 is 0. The van der Waals surface area contributed by atoms with E-state index in [1.807, 2.05) is 56.4 Å². The number of carbonyl (C=O) groups excluding carboxylic acids is 1. The normalized spacial score (nSPS) is 15.0. The summed E-state index contributed by atoms with van der Waals surface area (Å²) in [6.45, 7) is 4.38. The highest BCUT2D eigenvalue weighted by Crippen LogP contribution is 2.23. The number of benzene rings is 2. The van der Waals surface area contributed by atoms with Gasteiger partial charge in [-0.3, -0.25) is 19.2 Å². The molecule has 0 bridgehead atoms. The van der Waals surface area contributed by atoms with Crippen molar-refractivity contribution in [3.63, 3.8) is 0 Å². The van der Waals surface area contributed by atoms with E-state index < -0.39 is 0 Å². The summed E-state index contributed by atoms with van der Waals surface area (Å²) in [6, 6.07) is 17.5. The molecule has 0 spiro atoms. The van der Waals surface area contributed by atoms with Crippen molar-refractivity contribution in [1.82, 2.24) is 14.3 Å². The lowest BCUT2D eigenvalue weighted by Crippen LogP contribution is -2.38. The Hall–Kier alpha value is -3.32. The zero-order chi connectivity index (χ0) is 22.7. The molecule has 1 saturated heterocycles. The molecule has 168 valence electrons. The lowest BCUT2D eigenvalue weighted by Gasteiger charge is -2.31. The summed E-state index contributed by atoms with van der Waals surface area (Å²) in [7, 11) is 3.50. The zero-order valence-corrected chi connectivity index (χ0v) is 18.9. The summed E-state index contributed by atoms with van der Waals surface area (Å²) in [5, 5.41) is 2.93. The van der Waals surface area contributed by atoms with Gasteiger partial charge in [-0.1, -0.05) is 30.3 Å². The number of nitrogens with zero attached hydrogens (tertiary/aromatic N) is 3. The number of methoxy groups -OCH3 is 1. The van der Waals surface area contributed by atoms with Crippen molar-refractivity contribution in [2.24, 2.45) is 13.0 Å². The highest BCUT2D eigenvalue weighted by molar-refractivity contribution is 5.93. The number of amides is 1. The van der Waals surface area contributed by atoms with Crippen LogP contribution in [0.5, 0.6) is 5.75 Å². The molecule has 4 rings (SSSR count). The topological polar surface area (TPSA) is 68.5 Å². The van der Waals surface area contributed by atoms with Crippen LogP contribution in [0.25, 0.3) is 5.69 Å². The number of para-hydroxylation sites is 1. The van der Waals surface area contributed by atoms with Gasteiger partial charge in [-0.25, -0.2) is 4.68 Å². The van der Waals surface area contributed by atoms with Gasteiger partial charge >= 0.3 is 0 Å². The molecule has 0 aliphatic carbocycles. The van der Waals surface area contributed by atoms with Crippen LogP contribution in [-0.4, -0.2) is 40.4 Å². The van der Waals surface area contributed by atoms with Crippen LogP contribution in [0.1, 0.15) is 24.1 Å². The fourth-order valence-corrected chi connectivity index (χ4v) is 4.32. The molecule has 0 radical (unpaired) electrons. The van der Waals surface area contributed by atoms with E-state index in [-0.39, 0.29) is 17.4 Å². The second-order valence-electron chi connectivity index (χ2n) is 8.33. The molecule has 1 N–H and O–H groups in total. The van der Waals surface area contributed by atoms with Crippen LogP contribution in [0.4, 0.5) is 5.69 Å². The number of hydrogen-bond donors (Lipinski definition) is 1. The van der Waals surface area contributed by atoms with Gasteiger partial charge in [0.1, 0.15) is 11.4 Å². The average Bonchev–Trinajstić information content (AvgIpc) is 3.03. The maximum absolute atomic E-state index is 13.0. The molecule has 32 heavy (non-hydrogen) atoms. The fraction of sp³-hybridized carbons (Fsp3) is 0.360. The van der Waals surface area contributed by atoms with Crippen LogP contribution < -0.4 is 15.6 Å². The van der Waals surface area contributed by atoms with Gasteiger partial charge in [0.2, 0.25) is 5.91 Å². The van der Waals surface area contributed by atoms with E-state index in [0.29, 0.717) is 5.69 Å². The lowest BCUT2D eigenvalue weighted by atomic mass is 9.95. The predicted octanol–water partition coefficient (Wildman–Crippen LogP) is 3.34. The molecule has 1 aliphatic rings. The van der Waals surface area contributed by atoms with Gasteiger partial charge in [-0.15, -0.1) is 0 Å². The largest absolute Gasteiger partial charge is 0.497 e. The van der Waals surface area contributed by atoms with Crippen molar-refractivity contribution >= 4 is 11.6 Å². The molecule has 0 unspecified atom stereocenters. The number of likely N-dealkylation sites (tertiary alicyclic amines) is 1. The summed E-state index contributed by atoms with van der Waals surface area (Å²) in [5.41, 5.74) is 2.87. The molecule has 0 atom stereocenters. The Kier molecular flexibility index (Phi) is 6.46. The van der Waals surface area contributed by atoms with Crippen molar-refractivity contribution in [2.75, 3.05) is 25.5 Å². The molecule has 1 aliphatic heterocycles. The van der Waals surface area contributed by atoms with Crippen LogP contribution in [-0.2, 0) is 18.4 Å².